The first-order valence-electron chi connectivity index (χ1n) is 9.43. The molecule has 8 heteroatoms. The van der Waals surface area contributed by atoms with E-state index in [-0.39, 0.29) is 11.6 Å². The highest BCUT2D eigenvalue weighted by atomic mass is 19.1. The minimum Gasteiger partial charge on any atom is -0.291 e. The zero-order valence-electron chi connectivity index (χ0n) is 16.8. The first-order chi connectivity index (χ1) is 14.4. The van der Waals surface area contributed by atoms with E-state index in [1.54, 1.807) is 28.9 Å². The van der Waals surface area contributed by atoms with Gasteiger partial charge in [-0.25, -0.2) is 13.9 Å². The smallest absolute Gasteiger partial charge is 0.291 e. The molecule has 3 N–H and O–H groups in total. The number of urea groups is 1. The normalized spacial score (nSPS) is 10.8. The summed E-state index contributed by atoms with van der Waals surface area (Å²) < 4.78 is 15.8. The Morgan fingerprint density at radius 2 is 1.63 bits per heavy atom. The fraction of sp³-hybridized carbons (Fsp3) is 0.136. The first kappa shape index (κ1) is 19.4. The molecule has 0 aliphatic heterocycles. The molecule has 2 aromatic carbocycles. The molecule has 4 aromatic rings. The topological polar surface area (TPSA) is 87.6 Å². The van der Waals surface area contributed by atoms with Crippen LogP contribution < -0.4 is 10.6 Å². The predicted molar refractivity (Wildman–Crippen MR) is 114 cm³/mol. The summed E-state index contributed by atoms with van der Waals surface area (Å²) in [5, 5.41) is 16.5. The number of hydrogen-bond donors (Lipinski definition) is 3. The number of nitrogens with one attached hydrogen (secondary N) is 3. The Labute approximate surface area is 172 Å². The first-order valence-corrected chi connectivity index (χ1v) is 9.43. The van der Waals surface area contributed by atoms with E-state index in [9.17, 15) is 9.18 Å². The zero-order valence-corrected chi connectivity index (χ0v) is 16.8. The fourth-order valence-corrected chi connectivity index (χ4v) is 3.12. The molecular formula is C22H21FN6O. The highest BCUT2D eigenvalue weighted by Crippen LogP contribution is 2.24. The molecule has 152 valence electrons. The maximum absolute atomic E-state index is 14.1. The van der Waals surface area contributed by atoms with E-state index in [1.807, 2.05) is 45.0 Å². The molecule has 0 spiro atoms. The van der Waals surface area contributed by atoms with Crippen LogP contribution in [0.1, 0.15) is 16.8 Å². The van der Waals surface area contributed by atoms with Crippen molar-refractivity contribution >= 4 is 17.7 Å². The van der Waals surface area contributed by atoms with Crippen LogP contribution in [-0.2, 0) is 0 Å². The van der Waals surface area contributed by atoms with E-state index in [0.717, 1.165) is 22.5 Å². The molecule has 4 rings (SSSR count). The van der Waals surface area contributed by atoms with Gasteiger partial charge in [0.2, 0.25) is 0 Å². The van der Waals surface area contributed by atoms with Gasteiger partial charge < -0.3 is 0 Å². The second-order valence-corrected chi connectivity index (χ2v) is 7.15. The lowest BCUT2D eigenvalue weighted by molar-refractivity contribution is 0.262. The second-order valence-electron chi connectivity index (χ2n) is 7.15. The summed E-state index contributed by atoms with van der Waals surface area (Å²) in [6.45, 7) is 5.81. The third-order valence-electron chi connectivity index (χ3n) is 4.64. The van der Waals surface area contributed by atoms with Gasteiger partial charge in [0.1, 0.15) is 5.82 Å². The fourth-order valence-electron chi connectivity index (χ4n) is 3.12. The van der Waals surface area contributed by atoms with Crippen LogP contribution in [0.15, 0.2) is 54.6 Å². The second kappa shape index (κ2) is 7.82. The molecule has 0 fully saturated rings. The van der Waals surface area contributed by atoms with Crippen molar-refractivity contribution in [2.75, 3.05) is 10.6 Å². The lowest BCUT2D eigenvalue weighted by Crippen LogP contribution is -2.20. The number of H-pyrrole nitrogens is 1. The molecule has 2 amide bonds. The summed E-state index contributed by atoms with van der Waals surface area (Å²) >= 11 is 0. The van der Waals surface area contributed by atoms with Crippen LogP contribution in [-0.4, -0.2) is 26.0 Å². The number of anilines is 2. The van der Waals surface area contributed by atoms with Gasteiger partial charge in [0.15, 0.2) is 11.6 Å². The summed E-state index contributed by atoms with van der Waals surface area (Å²) in [5.74, 6) is 0.321. The lowest BCUT2D eigenvalue weighted by atomic mass is 10.1. The Morgan fingerprint density at radius 1 is 0.933 bits per heavy atom. The number of amides is 2. The number of aromatic amines is 1. The van der Waals surface area contributed by atoms with Gasteiger partial charge in [0.25, 0.3) is 0 Å². The van der Waals surface area contributed by atoms with Crippen LogP contribution in [0.5, 0.6) is 0 Å². The third kappa shape index (κ3) is 4.07. The molecule has 0 aliphatic carbocycles. The monoisotopic (exact) mass is 404 g/mol. The van der Waals surface area contributed by atoms with E-state index in [2.05, 4.69) is 25.9 Å². The van der Waals surface area contributed by atoms with Crippen molar-refractivity contribution < 1.29 is 9.18 Å². The van der Waals surface area contributed by atoms with Crippen molar-refractivity contribution in [3.8, 4) is 16.9 Å². The van der Waals surface area contributed by atoms with Crippen LogP contribution in [0, 0.1) is 26.6 Å². The molecule has 30 heavy (non-hydrogen) atoms. The summed E-state index contributed by atoms with van der Waals surface area (Å²) in [5.41, 5.74) is 4.74. The number of benzene rings is 2. The van der Waals surface area contributed by atoms with Gasteiger partial charge in [0.05, 0.1) is 11.4 Å². The van der Waals surface area contributed by atoms with Crippen LogP contribution in [0.25, 0.3) is 16.9 Å². The maximum Gasteiger partial charge on any atom is 0.326 e. The number of nitrogens with zero attached hydrogens (tertiary/aromatic N) is 3. The average molecular weight is 404 g/mol. The molecule has 2 heterocycles. The molecule has 0 bridgehead atoms. The zero-order chi connectivity index (χ0) is 21.3. The van der Waals surface area contributed by atoms with Crippen molar-refractivity contribution in [3.05, 3.63) is 77.2 Å². The highest BCUT2D eigenvalue weighted by Gasteiger charge is 2.13. The number of aromatic nitrogens is 4. The molecule has 0 saturated heterocycles. The van der Waals surface area contributed by atoms with Crippen LogP contribution >= 0.6 is 0 Å². The highest BCUT2D eigenvalue weighted by molar-refractivity contribution is 5.98. The quantitative estimate of drug-likeness (QED) is 0.449. The summed E-state index contributed by atoms with van der Waals surface area (Å²) in [6.07, 6.45) is 0. The van der Waals surface area contributed by atoms with E-state index >= 15 is 0 Å². The Balaban J connectivity index is 1.46. The number of carbonyl (C=O) groups excluding carboxylic acids is 1. The van der Waals surface area contributed by atoms with Crippen molar-refractivity contribution in [3.63, 3.8) is 0 Å². The maximum atomic E-state index is 14.1. The minimum absolute atomic E-state index is 0.276. The molecular weight excluding hydrogens is 383 g/mol. The number of carbonyl (C=O) groups is 1. The molecule has 0 atom stereocenters. The molecule has 2 aromatic heterocycles. The van der Waals surface area contributed by atoms with E-state index in [4.69, 9.17) is 0 Å². The van der Waals surface area contributed by atoms with Crippen molar-refractivity contribution in [2.24, 2.45) is 0 Å². The Bertz CT molecular complexity index is 1210. The number of rotatable bonds is 4. The SMILES string of the molecule is Cc1ccc(-n2nc(NC(=O)Nc3cc(-c4cc(C)ccc4F)[nH]n3)cc2C)cc1. The van der Waals surface area contributed by atoms with Gasteiger partial charge in [-0.3, -0.25) is 15.7 Å². The number of aryl methyl sites for hydroxylation is 3. The molecule has 7 nitrogen and oxygen atoms in total. The Kier molecular flexibility index (Phi) is 5.05. The predicted octanol–water partition coefficient (Wildman–Crippen LogP) is 4.97. The summed E-state index contributed by atoms with van der Waals surface area (Å²) in [7, 11) is 0. The Morgan fingerprint density at radius 3 is 2.40 bits per heavy atom. The van der Waals surface area contributed by atoms with Gasteiger partial charge in [0, 0.05) is 23.4 Å². The van der Waals surface area contributed by atoms with E-state index in [1.165, 1.54) is 6.07 Å². The van der Waals surface area contributed by atoms with Gasteiger partial charge in [-0.1, -0.05) is 29.3 Å². The van der Waals surface area contributed by atoms with Crippen molar-refractivity contribution in [1.29, 1.82) is 0 Å². The standard InChI is InChI=1S/C22H21FN6O/c1-13-4-7-16(8-5-13)29-15(3)11-21(28-29)25-22(30)24-20-12-19(26-27-20)17-10-14(2)6-9-18(17)23/h4-12H,1-3H3,(H3,24,25,26,27,28,30). The van der Waals surface area contributed by atoms with Gasteiger partial charge in [-0.2, -0.15) is 5.10 Å². The molecule has 0 unspecified atom stereocenters. The average Bonchev–Trinajstić information content (AvgIpc) is 3.31. The third-order valence-corrected chi connectivity index (χ3v) is 4.64. The van der Waals surface area contributed by atoms with Gasteiger partial charge in [-0.05, 0) is 45.0 Å². The molecule has 0 aliphatic rings. The van der Waals surface area contributed by atoms with Gasteiger partial charge in [-0.15, -0.1) is 5.10 Å². The lowest BCUT2D eigenvalue weighted by Gasteiger charge is -2.04. The molecule has 0 saturated carbocycles. The van der Waals surface area contributed by atoms with E-state index < -0.39 is 6.03 Å². The van der Waals surface area contributed by atoms with Crippen LogP contribution in [0.2, 0.25) is 0 Å². The van der Waals surface area contributed by atoms with Crippen LogP contribution in [0.3, 0.4) is 0 Å². The van der Waals surface area contributed by atoms with Crippen LogP contribution in [0.4, 0.5) is 20.8 Å². The van der Waals surface area contributed by atoms with E-state index in [0.29, 0.717) is 17.1 Å². The summed E-state index contributed by atoms with van der Waals surface area (Å²) in [4.78, 5) is 12.4. The van der Waals surface area contributed by atoms with Crippen molar-refractivity contribution in [2.45, 2.75) is 20.8 Å². The van der Waals surface area contributed by atoms with Crippen molar-refractivity contribution in [1.82, 2.24) is 20.0 Å². The minimum atomic E-state index is -0.494. The van der Waals surface area contributed by atoms with Gasteiger partial charge >= 0.3 is 6.03 Å². The largest absolute Gasteiger partial charge is 0.326 e. The number of hydrogen-bond acceptors (Lipinski definition) is 3. The summed E-state index contributed by atoms with van der Waals surface area (Å²) in [6, 6.07) is 15.6. The Hall–Kier alpha value is -3.94. The molecule has 0 radical (unpaired) electrons. The number of halogens is 1.